The maximum atomic E-state index is 12.8. The second-order valence-corrected chi connectivity index (χ2v) is 4.83. The Morgan fingerprint density at radius 2 is 1.81 bits per heavy atom. The van der Waals surface area contributed by atoms with Crippen LogP contribution in [0.15, 0.2) is 36.4 Å². The zero-order valence-electron chi connectivity index (χ0n) is 9.33. The highest BCUT2D eigenvalue weighted by atomic mass is 32.1. The Bertz CT molecular complexity index is 461. The Labute approximate surface area is 98.9 Å². The number of thiophene rings is 1. The van der Waals surface area contributed by atoms with E-state index in [1.165, 1.54) is 21.9 Å². The molecule has 0 fully saturated rings. The monoisotopic (exact) mass is 235 g/mol. The van der Waals surface area contributed by atoms with Gasteiger partial charge in [0.15, 0.2) is 0 Å². The summed E-state index contributed by atoms with van der Waals surface area (Å²) in [6.45, 7) is 2.13. The summed E-state index contributed by atoms with van der Waals surface area (Å²) < 4.78 is 12.8. The largest absolute Gasteiger partial charge is 0.313 e. The van der Waals surface area contributed by atoms with Gasteiger partial charge in [0.2, 0.25) is 0 Å². The number of hydrogen-bond acceptors (Lipinski definition) is 2. The molecule has 0 saturated carbocycles. The van der Waals surface area contributed by atoms with Crippen LogP contribution in [0.3, 0.4) is 0 Å². The van der Waals surface area contributed by atoms with Gasteiger partial charge in [0.25, 0.3) is 0 Å². The van der Waals surface area contributed by atoms with Gasteiger partial charge in [-0.15, -0.1) is 11.3 Å². The van der Waals surface area contributed by atoms with Crippen molar-refractivity contribution in [1.29, 1.82) is 0 Å². The predicted octanol–water partition coefficient (Wildman–Crippen LogP) is 3.83. The van der Waals surface area contributed by atoms with E-state index in [-0.39, 0.29) is 5.82 Å². The van der Waals surface area contributed by atoms with Crippen LogP contribution >= 0.6 is 11.3 Å². The van der Waals surface area contributed by atoms with Gasteiger partial charge in [-0.1, -0.05) is 12.1 Å². The summed E-state index contributed by atoms with van der Waals surface area (Å²) in [5.74, 6) is -0.191. The minimum atomic E-state index is -0.191. The molecule has 1 atom stereocenters. The van der Waals surface area contributed by atoms with Gasteiger partial charge in [0.05, 0.1) is 0 Å². The Morgan fingerprint density at radius 1 is 1.12 bits per heavy atom. The number of halogens is 1. The number of hydrogen-bond donors (Lipinski definition) is 1. The minimum Gasteiger partial charge on any atom is -0.313 e. The minimum absolute atomic E-state index is 0.191. The summed E-state index contributed by atoms with van der Waals surface area (Å²) in [5, 5.41) is 3.21. The second kappa shape index (κ2) is 4.76. The highest BCUT2D eigenvalue weighted by molar-refractivity contribution is 7.15. The second-order valence-electron chi connectivity index (χ2n) is 3.72. The molecule has 0 spiro atoms. The van der Waals surface area contributed by atoms with Crippen LogP contribution in [0, 0.1) is 5.82 Å². The quantitative estimate of drug-likeness (QED) is 0.852. The Morgan fingerprint density at radius 3 is 2.44 bits per heavy atom. The molecule has 3 heteroatoms. The third-order valence-corrected chi connectivity index (χ3v) is 3.93. The first-order chi connectivity index (χ1) is 7.70. The lowest BCUT2D eigenvalue weighted by atomic mass is 10.2. The normalized spacial score (nSPS) is 12.7. The fourth-order valence-electron chi connectivity index (χ4n) is 1.50. The van der Waals surface area contributed by atoms with Crippen molar-refractivity contribution >= 4 is 11.3 Å². The summed E-state index contributed by atoms with van der Waals surface area (Å²) in [5.41, 5.74) is 1.07. The van der Waals surface area contributed by atoms with Gasteiger partial charge < -0.3 is 5.32 Å². The topological polar surface area (TPSA) is 12.0 Å². The average molecular weight is 235 g/mol. The molecule has 0 aliphatic rings. The van der Waals surface area contributed by atoms with Crippen molar-refractivity contribution in [2.24, 2.45) is 0 Å². The molecular weight excluding hydrogens is 221 g/mol. The summed E-state index contributed by atoms with van der Waals surface area (Å²) in [6, 6.07) is 11.2. The summed E-state index contributed by atoms with van der Waals surface area (Å²) in [4.78, 5) is 2.47. The van der Waals surface area contributed by atoms with E-state index in [4.69, 9.17) is 0 Å². The first kappa shape index (κ1) is 11.3. The van der Waals surface area contributed by atoms with E-state index in [0.717, 1.165) is 5.56 Å². The molecule has 2 rings (SSSR count). The molecular formula is C13H14FNS. The highest BCUT2D eigenvalue weighted by Gasteiger charge is 2.07. The van der Waals surface area contributed by atoms with E-state index < -0.39 is 0 Å². The number of benzene rings is 1. The number of nitrogens with one attached hydrogen (secondary N) is 1. The van der Waals surface area contributed by atoms with Crippen LogP contribution in [0.5, 0.6) is 0 Å². The Balaban J connectivity index is 2.28. The van der Waals surface area contributed by atoms with E-state index in [1.807, 2.05) is 19.2 Å². The molecule has 1 nitrogen and oxygen atoms in total. The van der Waals surface area contributed by atoms with E-state index in [1.54, 1.807) is 11.3 Å². The van der Waals surface area contributed by atoms with Gasteiger partial charge in [-0.2, -0.15) is 0 Å². The Kier molecular flexibility index (Phi) is 3.36. The van der Waals surface area contributed by atoms with Crippen LogP contribution in [0.2, 0.25) is 0 Å². The molecule has 1 N–H and O–H groups in total. The molecule has 0 aliphatic carbocycles. The molecule has 1 unspecified atom stereocenters. The third kappa shape index (κ3) is 2.31. The van der Waals surface area contributed by atoms with E-state index in [9.17, 15) is 4.39 Å². The van der Waals surface area contributed by atoms with Gasteiger partial charge in [-0.3, -0.25) is 0 Å². The van der Waals surface area contributed by atoms with E-state index >= 15 is 0 Å². The molecule has 1 heterocycles. The first-order valence-electron chi connectivity index (χ1n) is 5.23. The lowest BCUT2D eigenvalue weighted by Gasteiger charge is -2.05. The first-order valence-corrected chi connectivity index (χ1v) is 6.05. The standard InChI is InChI=1S/C13H14FNS/c1-9(15-2)12-7-8-13(16-12)10-3-5-11(14)6-4-10/h3-9,15H,1-2H3. The van der Waals surface area contributed by atoms with Gasteiger partial charge in [-0.25, -0.2) is 4.39 Å². The highest BCUT2D eigenvalue weighted by Crippen LogP contribution is 2.31. The van der Waals surface area contributed by atoms with Crippen LogP contribution in [0.25, 0.3) is 10.4 Å². The van der Waals surface area contributed by atoms with Crippen molar-refractivity contribution in [1.82, 2.24) is 5.32 Å². The molecule has 2 aromatic rings. The molecule has 0 saturated heterocycles. The Hall–Kier alpha value is -1.19. The van der Waals surface area contributed by atoms with Gasteiger partial charge in [-0.05, 0) is 43.8 Å². The van der Waals surface area contributed by atoms with Crippen molar-refractivity contribution in [3.05, 3.63) is 47.1 Å². The maximum Gasteiger partial charge on any atom is 0.123 e. The van der Waals surface area contributed by atoms with Crippen LogP contribution in [-0.4, -0.2) is 7.05 Å². The number of rotatable bonds is 3. The smallest absolute Gasteiger partial charge is 0.123 e. The zero-order chi connectivity index (χ0) is 11.5. The SMILES string of the molecule is CNC(C)c1ccc(-c2ccc(F)cc2)s1. The third-order valence-electron chi connectivity index (χ3n) is 2.62. The summed E-state index contributed by atoms with van der Waals surface area (Å²) in [6.07, 6.45) is 0. The van der Waals surface area contributed by atoms with E-state index in [0.29, 0.717) is 6.04 Å². The average Bonchev–Trinajstić information content (AvgIpc) is 2.78. The fourth-order valence-corrected chi connectivity index (χ4v) is 2.57. The lowest BCUT2D eigenvalue weighted by Crippen LogP contribution is -2.10. The molecule has 0 amide bonds. The fraction of sp³-hybridized carbons (Fsp3) is 0.231. The molecule has 0 radical (unpaired) electrons. The van der Waals surface area contributed by atoms with Gasteiger partial charge in [0.1, 0.15) is 5.82 Å². The van der Waals surface area contributed by atoms with Crippen molar-refractivity contribution in [3.63, 3.8) is 0 Å². The van der Waals surface area contributed by atoms with Crippen molar-refractivity contribution in [2.45, 2.75) is 13.0 Å². The summed E-state index contributed by atoms with van der Waals surface area (Å²) >= 11 is 1.74. The molecule has 1 aromatic heterocycles. The molecule has 16 heavy (non-hydrogen) atoms. The van der Waals surface area contributed by atoms with Crippen molar-refractivity contribution < 1.29 is 4.39 Å². The van der Waals surface area contributed by atoms with Crippen LogP contribution < -0.4 is 5.32 Å². The molecule has 84 valence electrons. The van der Waals surface area contributed by atoms with Crippen LogP contribution in [0.4, 0.5) is 4.39 Å². The van der Waals surface area contributed by atoms with Crippen LogP contribution in [0.1, 0.15) is 17.8 Å². The lowest BCUT2D eigenvalue weighted by molar-refractivity contribution is 0.628. The van der Waals surface area contributed by atoms with Gasteiger partial charge >= 0.3 is 0 Å². The molecule has 0 aliphatic heterocycles. The van der Waals surface area contributed by atoms with Crippen molar-refractivity contribution in [3.8, 4) is 10.4 Å². The van der Waals surface area contributed by atoms with Crippen LogP contribution in [-0.2, 0) is 0 Å². The van der Waals surface area contributed by atoms with Gasteiger partial charge in [0, 0.05) is 15.8 Å². The van der Waals surface area contributed by atoms with E-state index in [2.05, 4.69) is 24.4 Å². The zero-order valence-corrected chi connectivity index (χ0v) is 10.1. The molecule has 1 aromatic carbocycles. The maximum absolute atomic E-state index is 12.8. The predicted molar refractivity (Wildman–Crippen MR) is 67.2 cm³/mol. The summed E-state index contributed by atoms with van der Waals surface area (Å²) in [7, 11) is 1.95. The van der Waals surface area contributed by atoms with Crippen molar-refractivity contribution in [2.75, 3.05) is 7.05 Å². The molecule has 0 bridgehead atoms.